The molecule has 0 bridgehead atoms. The van der Waals surface area contributed by atoms with Crippen LogP contribution in [0.4, 0.5) is 0 Å². The molecule has 0 heterocycles. The SMILES string of the molecule is C/C=C\C(=C/C)Oc1cccc(C)c1. The smallest absolute Gasteiger partial charge is 0.127 e. The highest BCUT2D eigenvalue weighted by Gasteiger charge is 1.95. The third kappa shape index (κ3) is 3.09. The predicted molar refractivity (Wildman–Crippen MR) is 60.4 cm³/mol. The topological polar surface area (TPSA) is 9.23 Å². The highest BCUT2D eigenvalue weighted by molar-refractivity contribution is 5.30. The first-order chi connectivity index (χ1) is 6.76. The summed E-state index contributed by atoms with van der Waals surface area (Å²) in [5.74, 6) is 1.76. The van der Waals surface area contributed by atoms with E-state index in [1.165, 1.54) is 5.56 Å². The van der Waals surface area contributed by atoms with Gasteiger partial charge in [0.15, 0.2) is 0 Å². The normalized spacial score (nSPS) is 12.1. The molecule has 74 valence electrons. The number of hydrogen-bond donors (Lipinski definition) is 0. The number of hydrogen-bond acceptors (Lipinski definition) is 1. The molecule has 0 unspecified atom stereocenters. The van der Waals surface area contributed by atoms with E-state index in [-0.39, 0.29) is 0 Å². The van der Waals surface area contributed by atoms with Gasteiger partial charge in [-0.3, -0.25) is 0 Å². The van der Waals surface area contributed by atoms with Crippen LogP contribution in [-0.2, 0) is 0 Å². The molecular formula is C13H16O. The minimum Gasteiger partial charge on any atom is -0.458 e. The lowest BCUT2D eigenvalue weighted by atomic mass is 10.2. The van der Waals surface area contributed by atoms with Crippen LogP contribution in [0.3, 0.4) is 0 Å². The second kappa shape index (κ2) is 5.28. The summed E-state index contributed by atoms with van der Waals surface area (Å²) in [4.78, 5) is 0. The average Bonchev–Trinajstić information content (AvgIpc) is 2.17. The summed E-state index contributed by atoms with van der Waals surface area (Å²) in [5, 5.41) is 0. The lowest BCUT2D eigenvalue weighted by Gasteiger charge is -2.06. The van der Waals surface area contributed by atoms with Crippen LogP contribution in [0.25, 0.3) is 0 Å². The molecule has 0 fully saturated rings. The van der Waals surface area contributed by atoms with Crippen molar-refractivity contribution < 1.29 is 4.74 Å². The highest BCUT2D eigenvalue weighted by Crippen LogP contribution is 2.15. The van der Waals surface area contributed by atoms with Crippen LogP contribution in [0.2, 0.25) is 0 Å². The molecule has 0 aliphatic heterocycles. The Labute approximate surface area is 85.7 Å². The summed E-state index contributed by atoms with van der Waals surface area (Å²) < 4.78 is 5.66. The Morgan fingerprint density at radius 1 is 1.29 bits per heavy atom. The molecule has 0 saturated carbocycles. The average molecular weight is 188 g/mol. The molecule has 0 aliphatic carbocycles. The van der Waals surface area contributed by atoms with Crippen LogP contribution in [-0.4, -0.2) is 0 Å². The van der Waals surface area contributed by atoms with Crippen molar-refractivity contribution in [3.8, 4) is 5.75 Å². The zero-order valence-corrected chi connectivity index (χ0v) is 8.95. The quantitative estimate of drug-likeness (QED) is 0.517. The molecule has 0 spiro atoms. The molecule has 1 nitrogen and oxygen atoms in total. The molecule has 1 rings (SSSR count). The van der Waals surface area contributed by atoms with E-state index in [1.807, 2.05) is 50.3 Å². The van der Waals surface area contributed by atoms with Crippen molar-refractivity contribution in [1.29, 1.82) is 0 Å². The molecule has 1 aromatic rings. The van der Waals surface area contributed by atoms with Crippen molar-refractivity contribution in [1.82, 2.24) is 0 Å². The molecule has 0 radical (unpaired) electrons. The van der Waals surface area contributed by atoms with E-state index in [0.717, 1.165) is 11.5 Å². The monoisotopic (exact) mass is 188 g/mol. The minimum atomic E-state index is 0.873. The van der Waals surface area contributed by atoms with E-state index in [2.05, 4.69) is 13.0 Å². The fourth-order valence-corrected chi connectivity index (χ4v) is 1.17. The van der Waals surface area contributed by atoms with Gasteiger partial charge in [0.2, 0.25) is 0 Å². The second-order valence-corrected chi connectivity index (χ2v) is 3.11. The maximum atomic E-state index is 5.66. The molecule has 0 amide bonds. The number of aryl methyl sites for hydroxylation is 1. The van der Waals surface area contributed by atoms with Gasteiger partial charge in [0, 0.05) is 0 Å². The third-order valence-electron chi connectivity index (χ3n) is 1.84. The molecule has 1 heteroatoms. The van der Waals surface area contributed by atoms with Crippen molar-refractivity contribution in [3.05, 3.63) is 53.8 Å². The van der Waals surface area contributed by atoms with Crippen LogP contribution in [0.1, 0.15) is 19.4 Å². The van der Waals surface area contributed by atoms with Crippen molar-refractivity contribution in [2.24, 2.45) is 0 Å². The van der Waals surface area contributed by atoms with Crippen molar-refractivity contribution >= 4 is 0 Å². The molecule has 0 aromatic heterocycles. The van der Waals surface area contributed by atoms with E-state index >= 15 is 0 Å². The van der Waals surface area contributed by atoms with Crippen LogP contribution in [0.5, 0.6) is 5.75 Å². The van der Waals surface area contributed by atoms with Gasteiger partial charge in [-0.1, -0.05) is 18.2 Å². The fourth-order valence-electron chi connectivity index (χ4n) is 1.17. The van der Waals surface area contributed by atoms with E-state index in [4.69, 9.17) is 4.74 Å². The number of benzene rings is 1. The van der Waals surface area contributed by atoms with Crippen LogP contribution in [0.15, 0.2) is 48.3 Å². The number of ether oxygens (including phenoxy) is 1. The van der Waals surface area contributed by atoms with Gasteiger partial charge < -0.3 is 4.74 Å². The lowest BCUT2D eigenvalue weighted by Crippen LogP contribution is -1.91. The van der Waals surface area contributed by atoms with Crippen LogP contribution in [0, 0.1) is 6.92 Å². The Morgan fingerprint density at radius 2 is 2.07 bits per heavy atom. The first kappa shape index (κ1) is 10.6. The molecule has 14 heavy (non-hydrogen) atoms. The first-order valence-electron chi connectivity index (χ1n) is 4.79. The van der Waals surface area contributed by atoms with Crippen LogP contribution >= 0.6 is 0 Å². The summed E-state index contributed by atoms with van der Waals surface area (Å²) in [5.41, 5.74) is 1.21. The van der Waals surface area contributed by atoms with Crippen molar-refractivity contribution in [3.63, 3.8) is 0 Å². The van der Waals surface area contributed by atoms with Gasteiger partial charge in [-0.05, 0) is 50.6 Å². The van der Waals surface area contributed by atoms with E-state index in [0.29, 0.717) is 0 Å². The summed E-state index contributed by atoms with van der Waals surface area (Å²) >= 11 is 0. The Bertz CT molecular complexity index is 348. The van der Waals surface area contributed by atoms with Crippen molar-refractivity contribution in [2.75, 3.05) is 0 Å². The van der Waals surface area contributed by atoms with Gasteiger partial charge in [-0.2, -0.15) is 0 Å². The first-order valence-corrected chi connectivity index (χ1v) is 4.79. The summed E-state index contributed by atoms with van der Waals surface area (Å²) in [6.45, 7) is 5.99. The lowest BCUT2D eigenvalue weighted by molar-refractivity contribution is 0.443. The molecule has 0 aliphatic rings. The number of allylic oxidation sites excluding steroid dienone is 3. The Hall–Kier alpha value is -1.50. The second-order valence-electron chi connectivity index (χ2n) is 3.11. The van der Waals surface area contributed by atoms with Crippen LogP contribution < -0.4 is 4.74 Å². The maximum absolute atomic E-state index is 5.66. The highest BCUT2D eigenvalue weighted by atomic mass is 16.5. The summed E-state index contributed by atoms with van der Waals surface area (Å²) in [7, 11) is 0. The molecule has 0 saturated heterocycles. The van der Waals surface area contributed by atoms with E-state index in [1.54, 1.807) is 0 Å². The van der Waals surface area contributed by atoms with E-state index in [9.17, 15) is 0 Å². The molecular weight excluding hydrogens is 172 g/mol. The predicted octanol–water partition coefficient (Wildman–Crippen LogP) is 3.85. The standard InChI is InChI=1S/C13H16O/c1-4-7-12(5-2)14-13-9-6-8-11(3)10-13/h4-10H,1-3H3/b7-4-,12-5+. The van der Waals surface area contributed by atoms with Gasteiger partial charge in [-0.15, -0.1) is 0 Å². The largest absolute Gasteiger partial charge is 0.458 e. The third-order valence-corrected chi connectivity index (χ3v) is 1.84. The Balaban J connectivity index is 2.77. The minimum absolute atomic E-state index is 0.873. The van der Waals surface area contributed by atoms with Gasteiger partial charge in [0.1, 0.15) is 11.5 Å². The van der Waals surface area contributed by atoms with Gasteiger partial charge in [-0.25, -0.2) is 0 Å². The maximum Gasteiger partial charge on any atom is 0.127 e. The molecule has 1 aromatic carbocycles. The Kier molecular flexibility index (Phi) is 3.99. The number of rotatable bonds is 3. The van der Waals surface area contributed by atoms with Gasteiger partial charge in [0.25, 0.3) is 0 Å². The van der Waals surface area contributed by atoms with Gasteiger partial charge >= 0.3 is 0 Å². The van der Waals surface area contributed by atoms with E-state index < -0.39 is 0 Å². The Morgan fingerprint density at radius 3 is 2.64 bits per heavy atom. The fraction of sp³-hybridized carbons (Fsp3) is 0.231. The summed E-state index contributed by atoms with van der Waals surface area (Å²) in [6, 6.07) is 8.03. The van der Waals surface area contributed by atoms with Gasteiger partial charge in [0.05, 0.1) is 0 Å². The zero-order chi connectivity index (χ0) is 10.4. The zero-order valence-electron chi connectivity index (χ0n) is 8.95. The molecule has 0 N–H and O–H groups in total. The molecule has 0 atom stereocenters. The summed E-state index contributed by atoms with van der Waals surface area (Å²) in [6.07, 6.45) is 5.86. The van der Waals surface area contributed by atoms with Crippen molar-refractivity contribution in [2.45, 2.75) is 20.8 Å².